The van der Waals surface area contributed by atoms with Crippen molar-refractivity contribution in [2.75, 3.05) is 4.72 Å². The number of aryl methyl sites for hydroxylation is 1. The number of aromatic nitrogens is 2. The van der Waals surface area contributed by atoms with Gasteiger partial charge >= 0.3 is 0 Å². The van der Waals surface area contributed by atoms with E-state index in [-0.39, 0.29) is 5.25 Å². The van der Waals surface area contributed by atoms with Crippen molar-refractivity contribution >= 4 is 26.5 Å². The van der Waals surface area contributed by atoms with Crippen molar-refractivity contribution in [3.63, 3.8) is 0 Å². The van der Waals surface area contributed by atoms with Gasteiger partial charge in [0, 0.05) is 6.42 Å². The van der Waals surface area contributed by atoms with E-state index in [1.54, 1.807) is 0 Å². The van der Waals surface area contributed by atoms with E-state index >= 15 is 0 Å². The zero-order valence-corrected chi connectivity index (χ0v) is 11.5. The Morgan fingerprint density at radius 1 is 1.35 bits per heavy atom. The van der Waals surface area contributed by atoms with Crippen LogP contribution >= 0.6 is 11.3 Å². The Morgan fingerprint density at radius 3 is 2.71 bits per heavy atom. The van der Waals surface area contributed by atoms with Gasteiger partial charge in [-0.15, -0.1) is 10.2 Å². The molecular weight excluding hydrogens is 258 g/mol. The maximum Gasteiger partial charge on any atom is 0.237 e. The number of anilines is 1. The molecule has 96 valence electrons. The second kappa shape index (κ2) is 5.30. The molecule has 1 saturated carbocycles. The highest BCUT2D eigenvalue weighted by atomic mass is 32.2. The number of sulfonamides is 1. The topological polar surface area (TPSA) is 72.0 Å². The predicted molar refractivity (Wildman–Crippen MR) is 68.7 cm³/mol. The number of hydrogen-bond acceptors (Lipinski definition) is 5. The molecule has 0 bridgehead atoms. The summed E-state index contributed by atoms with van der Waals surface area (Å²) in [5, 5.41) is 8.87. The lowest BCUT2D eigenvalue weighted by molar-refractivity contribution is 0.585. The smallest absolute Gasteiger partial charge is 0.237 e. The molecule has 1 N–H and O–H groups in total. The summed E-state index contributed by atoms with van der Waals surface area (Å²) in [5.74, 6) is 0. The first-order valence-electron chi connectivity index (χ1n) is 5.96. The van der Waals surface area contributed by atoms with Crippen molar-refractivity contribution in [2.45, 2.75) is 50.7 Å². The molecule has 0 radical (unpaired) electrons. The fourth-order valence-electron chi connectivity index (χ4n) is 2.01. The molecule has 2 rings (SSSR count). The molecule has 1 fully saturated rings. The van der Waals surface area contributed by atoms with Gasteiger partial charge in [0.2, 0.25) is 15.2 Å². The van der Waals surface area contributed by atoms with Crippen LogP contribution in [0.3, 0.4) is 0 Å². The van der Waals surface area contributed by atoms with Gasteiger partial charge in [-0.3, -0.25) is 4.72 Å². The van der Waals surface area contributed by atoms with E-state index in [2.05, 4.69) is 21.8 Å². The average molecular weight is 275 g/mol. The van der Waals surface area contributed by atoms with E-state index in [9.17, 15) is 8.42 Å². The summed E-state index contributed by atoms with van der Waals surface area (Å²) in [6.45, 7) is 2.06. The highest BCUT2D eigenvalue weighted by Gasteiger charge is 2.29. The fourth-order valence-corrected chi connectivity index (χ4v) is 4.63. The molecule has 0 amide bonds. The molecule has 1 aromatic heterocycles. The number of nitrogens with one attached hydrogen (secondary N) is 1. The maximum atomic E-state index is 12.0. The van der Waals surface area contributed by atoms with Gasteiger partial charge in [-0.25, -0.2) is 8.42 Å². The Balaban J connectivity index is 2.03. The van der Waals surface area contributed by atoms with Gasteiger partial charge in [0.25, 0.3) is 0 Å². The van der Waals surface area contributed by atoms with Gasteiger partial charge in [0.05, 0.1) is 5.25 Å². The molecule has 0 unspecified atom stereocenters. The first-order chi connectivity index (χ1) is 8.12. The summed E-state index contributed by atoms with van der Waals surface area (Å²) < 4.78 is 26.6. The van der Waals surface area contributed by atoms with Gasteiger partial charge < -0.3 is 0 Å². The Morgan fingerprint density at radius 2 is 2.06 bits per heavy atom. The lowest BCUT2D eigenvalue weighted by Crippen LogP contribution is -2.25. The molecule has 17 heavy (non-hydrogen) atoms. The largest absolute Gasteiger partial charge is 0.257 e. The van der Waals surface area contributed by atoms with Crippen molar-refractivity contribution in [1.29, 1.82) is 0 Å². The minimum atomic E-state index is -3.26. The third-order valence-electron chi connectivity index (χ3n) is 2.90. The summed E-state index contributed by atoms with van der Waals surface area (Å²) in [5.41, 5.74) is 0. The van der Waals surface area contributed by atoms with Crippen LogP contribution in [0.2, 0.25) is 0 Å². The Bertz CT molecular complexity index is 464. The van der Waals surface area contributed by atoms with Crippen molar-refractivity contribution in [2.24, 2.45) is 0 Å². The summed E-state index contributed by atoms with van der Waals surface area (Å²) in [7, 11) is -3.26. The molecule has 0 atom stereocenters. The number of hydrogen-bond donors (Lipinski definition) is 1. The van der Waals surface area contributed by atoms with Crippen LogP contribution in [0, 0.1) is 0 Å². The molecule has 1 aliphatic carbocycles. The monoisotopic (exact) mass is 275 g/mol. The minimum Gasteiger partial charge on any atom is -0.257 e. The fraction of sp³-hybridized carbons (Fsp3) is 0.800. The van der Waals surface area contributed by atoms with Crippen molar-refractivity contribution in [3.05, 3.63) is 5.01 Å². The zero-order chi connectivity index (χ0) is 12.3. The van der Waals surface area contributed by atoms with E-state index in [0.29, 0.717) is 5.13 Å². The van der Waals surface area contributed by atoms with Crippen LogP contribution in [-0.2, 0) is 16.4 Å². The summed E-state index contributed by atoms with van der Waals surface area (Å²) in [6.07, 6.45) is 5.37. The van der Waals surface area contributed by atoms with Crippen LogP contribution in [0.25, 0.3) is 0 Å². The second-order valence-electron chi connectivity index (χ2n) is 4.30. The van der Waals surface area contributed by atoms with Crippen molar-refractivity contribution in [3.8, 4) is 0 Å². The van der Waals surface area contributed by atoms with Crippen LogP contribution in [-0.4, -0.2) is 23.9 Å². The molecule has 7 heteroatoms. The molecule has 1 heterocycles. The van der Waals surface area contributed by atoms with E-state index in [0.717, 1.165) is 43.5 Å². The normalized spacial score (nSPS) is 17.5. The highest BCUT2D eigenvalue weighted by molar-refractivity contribution is 7.93. The zero-order valence-electron chi connectivity index (χ0n) is 9.85. The summed E-state index contributed by atoms with van der Waals surface area (Å²) in [4.78, 5) is 0. The highest BCUT2D eigenvalue weighted by Crippen LogP contribution is 2.27. The van der Waals surface area contributed by atoms with Crippen LogP contribution in [0.1, 0.15) is 44.0 Å². The number of nitrogens with zero attached hydrogens (tertiary/aromatic N) is 2. The summed E-state index contributed by atoms with van der Waals surface area (Å²) >= 11 is 1.33. The van der Waals surface area contributed by atoms with E-state index < -0.39 is 10.0 Å². The molecule has 0 aliphatic heterocycles. The third kappa shape index (κ3) is 3.16. The average Bonchev–Trinajstić information content (AvgIpc) is 2.88. The predicted octanol–water partition coefficient (Wildman–Crippen LogP) is 2.17. The first-order valence-corrected chi connectivity index (χ1v) is 8.32. The van der Waals surface area contributed by atoms with Crippen molar-refractivity contribution < 1.29 is 8.42 Å². The molecule has 1 aliphatic rings. The quantitative estimate of drug-likeness (QED) is 0.894. The Kier molecular flexibility index (Phi) is 3.98. The lowest BCUT2D eigenvalue weighted by atomic mass is 10.4. The van der Waals surface area contributed by atoms with E-state index in [1.165, 1.54) is 11.3 Å². The molecule has 0 spiro atoms. The first kappa shape index (κ1) is 12.8. The SMILES string of the molecule is CCCc1nnc(NS(=O)(=O)C2CCCC2)s1. The molecule has 5 nitrogen and oxygen atoms in total. The van der Waals surface area contributed by atoms with Gasteiger partial charge in [0.15, 0.2) is 0 Å². The standard InChI is InChI=1S/C10H17N3O2S2/c1-2-5-9-11-12-10(16-9)13-17(14,15)8-6-3-4-7-8/h8H,2-7H2,1H3,(H,12,13). The number of rotatable bonds is 5. The third-order valence-corrected chi connectivity index (χ3v) is 5.76. The Labute approximate surface area is 106 Å². The van der Waals surface area contributed by atoms with Crippen molar-refractivity contribution in [1.82, 2.24) is 10.2 Å². The molecule has 0 saturated heterocycles. The van der Waals surface area contributed by atoms with E-state index in [1.807, 2.05) is 0 Å². The van der Waals surface area contributed by atoms with Crippen LogP contribution in [0.15, 0.2) is 0 Å². The van der Waals surface area contributed by atoms with Crippen LogP contribution in [0.5, 0.6) is 0 Å². The van der Waals surface area contributed by atoms with Crippen LogP contribution in [0.4, 0.5) is 5.13 Å². The second-order valence-corrected chi connectivity index (χ2v) is 7.33. The molecule has 0 aromatic carbocycles. The molecule has 1 aromatic rings. The maximum absolute atomic E-state index is 12.0. The van der Waals surface area contributed by atoms with Gasteiger partial charge in [0.1, 0.15) is 5.01 Å². The lowest BCUT2D eigenvalue weighted by Gasteiger charge is -2.10. The van der Waals surface area contributed by atoms with Gasteiger partial charge in [-0.05, 0) is 19.3 Å². The Hall–Kier alpha value is -0.690. The molecular formula is C10H17N3O2S2. The van der Waals surface area contributed by atoms with Crippen LogP contribution < -0.4 is 4.72 Å². The summed E-state index contributed by atoms with van der Waals surface area (Å²) in [6, 6.07) is 0. The minimum absolute atomic E-state index is 0.249. The van der Waals surface area contributed by atoms with E-state index in [4.69, 9.17) is 0 Å². The van der Waals surface area contributed by atoms with Gasteiger partial charge in [-0.2, -0.15) is 0 Å². The van der Waals surface area contributed by atoms with Gasteiger partial charge in [-0.1, -0.05) is 31.1 Å².